The predicted molar refractivity (Wildman–Crippen MR) is 81.1 cm³/mol. The van der Waals surface area contributed by atoms with Crippen LogP contribution in [0.3, 0.4) is 0 Å². The van der Waals surface area contributed by atoms with Crippen LogP contribution >= 0.6 is 0 Å². The van der Waals surface area contributed by atoms with E-state index in [1.807, 2.05) is 12.3 Å². The van der Waals surface area contributed by atoms with Crippen molar-refractivity contribution in [2.24, 2.45) is 5.73 Å². The molecule has 2 heterocycles. The lowest BCUT2D eigenvalue weighted by Crippen LogP contribution is -2.47. The predicted octanol–water partition coefficient (Wildman–Crippen LogP) is 2.53. The molecule has 104 valence electrons. The molecule has 0 unspecified atom stereocenters. The Morgan fingerprint density at radius 3 is 2.45 bits per heavy atom. The van der Waals surface area contributed by atoms with E-state index in [0.29, 0.717) is 0 Å². The molecule has 1 saturated heterocycles. The zero-order valence-electron chi connectivity index (χ0n) is 11.7. The lowest BCUT2D eigenvalue weighted by molar-refractivity contribution is 0.155. The van der Waals surface area contributed by atoms with E-state index >= 15 is 0 Å². The molecule has 0 spiro atoms. The summed E-state index contributed by atoms with van der Waals surface area (Å²) in [4.78, 5) is 6.68. The molecule has 0 saturated carbocycles. The van der Waals surface area contributed by atoms with Crippen LogP contribution in [-0.4, -0.2) is 23.0 Å². The van der Waals surface area contributed by atoms with Gasteiger partial charge < -0.3 is 5.73 Å². The molecule has 2 aromatic rings. The molecule has 0 bridgehead atoms. The van der Waals surface area contributed by atoms with Gasteiger partial charge in [-0.2, -0.15) is 0 Å². The third-order valence-electron chi connectivity index (χ3n) is 4.23. The lowest BCUT2D eigenvalue weighted by atomic mass is 9.82. The van der Waals surface area contributed by atoms with E-state index in [4.69, 9.17) is 5.73 Å². The molecule has 0 amide bonds. The number of likely N-dealkylation sites (tertiary alicyclic amines) is 1. The van der Waals surface area contributed by atoms with E-state index in [9.17, 15) is 0 Å². The minimum Gasteiger partial charge on any atom is -0.321 e. The first kappa shape index (κ1) is 13.3. The number of aromatic nitrogens is 1. The van der Waals surface area contributed by atoms with E-state index in [1.165, 1.54) is 11.1 Å². The van der Waals surface area contributed by atoms with Crippen LogP contribution in [0.15, 0.2) is 54.9 Å². The molecule has 2 N–H and O–H groups in total. The van der Waals surface area contributed by atoms with Crippen molar-refractivity contribution in [2.75, 3.05) is 13.1 Å². The van der Waals surface area contributed by atoms with Crippen LogP contribution in [0.5, 0.6) is 0 Å². The SMILES string of the molecule is NC1(c2cccnc2)CCN(Cc2ccccc2)CC1. The van der Waals surface area contributed by atoms with Gasteiger partial charge in [-0.1, -0.05) is 36.4 Å². The van der Waals surface area contributed by atoms with Crippen LogP contribution in [0.25, 0.3) is 0 Å². The van der Waals surface area contributed by atoms with E-state index in [0.717, 1.165) is 32.5 Å². The van der Waals surface area contributed by atoms with Crippen LogP contribution in [0.2, 0.25) is 0 Å². The molecule has 3 rings (SSSR count). The Balaban J connectivity index is 1.62. The third-order valence-corrected chi connectivity index (χ3v) is 4.23. The molecule has 0 radical (unpaired) electrons. The van der Waals surface area contributed by atoms with Crippen molar-refractivity contribution in [3.8, 4) is 0 Å². The van der Waals surface area contributed by atoms with Crippen LogP contribution < -0.4 is 5.73 Å². The number of rotatable bonds is 3. The summed E-state index contributed by atoms with van der Waals surface area (Å²) in [5.74, 6) is 0. The Morgan fingerprint density at radius 2 is 1.80 bits per heavy atom. The summed E-state index contributed by atoms with van der Waals surface area (Å²) in [5, 5.41) is 0. The smallest absolute Gasteiger partial charge is 0.0449 e. The third kappa shape index (κ3) is 2.89. The number of hydrogen-bond acceptors (Lipinski definition) is 3. The lowest BCUT2D eigenvalue weighted by Gasteiger charge is -2.39. The molecule has 20 heavy (non-hydrogen) atoms. The second kappa shape index (κ2) is 5.73. The molecule has 1 aromatic heterocycles. The normalized spacial score (nSPS) is 18.9. The Hall–Kier alpha value is -1.71. The van der Waals surface area contributed by atoms with Crippen LogP contribution in [0, 0.1) is 0 Å². The zero-order valence-corrected chi connectivity index (χ0v) is 11.7. The van der Waals surface area contributed by atoms with Gasteiger partial charge in [0.1, 0.15) is 0 Å². The first-order valence-electron chi connectivity index (χ1n) is 7.22. The Kier molecular flexibility index (Phi) is 3.81. The maximum atomic E-state index is 6.57. The molecule has 0 aliphatic carbocycles. The van der Waals surface area contributed by atoms with Gasteiger partial charge in [0.15, 0.2) is 0 Å². The van der Waals surface area contributed by atoms with Crippen LogP contribution in [0.1, 0.15) is 24.0 Å². The molecular formula is C17H21N3. The highest BCUT2D eigenvalue weighted by Gasteiger charge is 2.32. The number of piperidine rings is 1. The topological polar surface area (TPSA) is 42.1 Å². The summed E-state index contributed by atoms with van der Waals surface area (Å²) in [5.41, 5.74) is 8.90. The Labute approximate surface area is 120 Å². The number of nitrogens with two attached hydrogens (primary N) is 1. The minimum absolute atomic E-state index is 0.207. The van der Waals surface area contributed by atoms with Gasteiger partial charge in [-0.05, 0) is 30.0 Å². The highest BCUT2D eigenvalue weighted by atomic mass is 15.1. The van der Waals surface area contributed by atoms with Crippen LogP contribution in [0.4, 0.5) is 0 Å². The number of benzene rings is 1. The van der Waals surface area contributed by atoms with E-state index in [2.05, 4.69) is 46.3 Å². The highest BCUT2D eigenvalue weighted by molar-refractivity contribution is 5.21. The first-order chi connectivity index (χ1) is 9.76. The fourth-order valence-corrected chi connectivity index (χ4v) is 2.90. The molecule has 1 aromatic carbocycles. The van der Waals surface area contributed by atoms with Crippen molar-refractivity contribution in [3.63, 3.8) is 0 Å². The van der Waals surface area contributed by atoms with E-state index < -0.39 is 0 Å². The van der Waals surface area contributed by atoms with Gasteiger partial charge in [-0.25, -0.2) is 0 Å². The summed E-state index contributed by atoms with van der Waals surface area (Å²) in [6.45, 7) is 3.10. The van der Waals surface area contributed by atoms with Gasteiger partial charge in [-0.15, -0.1) is 0 Å². The van der Waals surface area contributed by atoms with Gasteiger partial charge in [0, 0.05) is 37.6 Å². The average Bonchev–Trinajstić information content (AvgIpc) is 2.52. The summed E-state index contributed by atoms with van der Waals surface area (Å²) >= 11 is 0. The highest BCUT2D eigenvalue weighted by Crippen LogP contribution is 2.30. The Bertz CT molecular complexity index is 531. The van der Waals surface area contributed by atoms with Crippen molar-refractivity contribution in [2.45, 2.75) is 24.9 Å². The van der Waals surface area contributed by atoms with Gasteiger partial charge >= 0.3 is 0 Å². The maximum absolute atomic E-state index is 6.57. The molecule has 0 atom stereocenters. The molecule has 1 aliphatic heterocycles. The van der Waals surface area contributed by atoms with Crippen molar-refractivity contribution >= 4 is 0 Å². The van der Waals surface area contributed by atoms with Crippen molar-refractivity contribution in [3.05, 3.63) is 66.0 Å². The number of hydrogen-bond donors (Lipinski definition) is 1. The van der Waals surface area contributed by atoms with Crippen LogP contribution in [-0.2, 0) is 12.1 Å². The molecule has 3 heteroatoms. The standard InChI is InChI=1S/C17H21N3/c18-17(16-7-4-10-19-13-16)8-11-20(12-9-17)14-15-5-2-1-3-6-15/h1-7,10,13H,8-9,11-12,14,18H2. The monoisotopic (exact) mass is 267 g/mol. The molecule has 1 aliphatic rings. The minimum atomic E-state index is -0.207. The molecule has 1 fully saturated rings. The summed E-state index contributed by atoms with van der Waals surface area (Å²) < 4.78 is 0. The van der Waals surface area contributed by atoms with Crippen molar-refractivity contribution in [1.82, 2.24) is 9.88 Å². The largest absolute Gasteiger partial charge is 0.321 e. The van der Waals surface area contributed by atoms with Gasteiger partial charge in [0.05, 0.1) is 0 Å². The average molecular weight is 267 g/mol. The van der Waals surface area contributed by atoms with E-state index in [1.54, 1.807) is 6.20 Å². The zero-order chi connectivity index (χ0) is 13.8. The second-order valence-corrected chi connectivity index (χ2v) is 5.66. The van der Waals surface area contributed by atoms with Crippen molar-refractivity contribution in [1.29, 1.82) is 0 Å². The molecular weight excluding hydrogens is 246 g/mol. The summed E-state index contributed by atoms with van der Waals surface area (Å²) in [6.07, 6.45) is 5.70. The number of nitrogens with zero attached hydrogens (tertiary/aromatic N) is 2. The first-order valence-corrected chi connectivity index (χ1v) is 7.22. The fourth-order valence-electron chi connectivity index (χ4n) is 2.90. The fraction of sp³-hybridized carbons (Fsp3) is 0.353. The Morgan fingerprint density at radius 1 is 1.05 bits per heavy atom. The summed E-state index contributed by atoms with van der Waals surface area (Å²) in [7, 11) is 0. The maximum Gasteiger partial charge on any atom is 0.0449 e. The van der Waals surface area contributed by atoms with Gasteiger partial charge in [0.25, 0.3) is 0 Å². The summed E-state index contributed by atoms with van der Waals surface area (Å²) in [6, 6.07) is 14.7. The number of pyridine rings is 1. The van der Waals surface area contributed by atoms with Crippen molar-refractivity contribution < 1.29 is 0 Å². The van der Waals surface area contributed by atoms with Gasteiger partial charge in [-0.3, -0.25) is 9.88 Å². The second-order valence-electron chi connectivity index (χ2n) is 5.66. The molecule has 3 nitrogen and oxygen atoms in total. The quantitative estimate of drug-likeness (QED) is 0.929. The van der Waals surface area contributed by atoms with E-state index in [-0.39, 0.29) is 5.54 Å². The van der Waals surface area contributed by atoms with Gasteiger partial charge in [0.2, 0.25) is 0 Å².